The second kappa shape index (κ2) is 11.6. The van der Waals surface area contributed by atoms with Crippen LogP contribution in [0.2, 0.25) is 0 Å². The Morgan fingerprint density at radius 1 is 1.14 bits per heavy atom. The number of carbonyl (C=O) groups is 1. The van der Waals surface area contributed by atoms with Crippen molar-refractivity contribution >= 4 is 28.1 Å². The van der Waals surface area contributed by atoms with Crippen LogP contribution in [-0.4, -0.2) is 58.9 Å². The van der Waals surface area contributed by atoms with Crippen molar-refractivity contribution in [3.63, 3.8) is 0 Å². The van der Waals surface area contributed by atoms with Crippen molar-refractivity contribution in [3.8, 4) is 11.5 Å². The summed E-state index contributed by atoms with van der Waals surface area (Å²) >= 11 is 0. The highest BCUT2D eigenvalue weighted by atomic mass is 32.2. The quantitative estimate of drug-likeness (QED) is 0.265. The zero-order chi connectivity index (χ0) is 25.4. The van der Waals surface area contributed by atoms with Crippen LogP contribution in [0.4, 0.5) is 5.82 Å². The van der Waals surface area contributed by atoms with Crippen LogP contribution in [-0.2, 0) is 26.1 Å². The fourth-order valence-corrected chi connectivity index (χ4v) is 4.41. The van der Waals surface area contributed by atoms with Crippen LogP contribution in [0.25, 0.3) is 0 Å². The third-order valence-electron chi connectivity index (χ3n) is 5.35. The van der Waals surface area contributed by atoms with E-state index in [2.05, 4.69) is 15.5 Å². The van der Waals surface area contributed by atoms with Crippen molar-refractivity contribution in [1.82, 2.24) is 10.4 Å². The van der Waals surface area contributed by atoms with Gasteiger partial charge in [0, 0.05) is 18.7 Å². The van der Waals surface area contributed by atoms with E-state index in [1.54, 1.807) is 49.6 Å². The lowest BCUT2D eigenvalue weighted by Crippen LogP contribution is -2.36. The number of nitrogens with one attached hydrogen (secondary N) is 1. The molecule has 188 valence electrons. The zero-order valence-corrected chi connectivity index (χ0v) is 20.5. The van der Waals surface area contributed by atoms with E-state index < -0.39 is 10.1 Å². The van der Waals surface area contributed by atoms with Gasteiger partial charge in [-0.1, -0.05) is 24.3 Å². The number of methoxy groups -OCH3 is 1. The molecule has 10 nitrogen and oxygen atoms in total. The molecule has 0 atom stereocenters. The van der Waals surface area contributed by atoms with Gasteiger partial charge in [-0.25, -0.2) is 10.4 Å². The van der Waals surface area contributed by atoms with Crippen molar-refractivity contribution in [2.24, 2.45) is 5.10 Å². The molecule has 1 fully saturated rings. The fourth-order valence-electron chi connectivity index (χ4n) is 3.51. The summed E-state index contributed by atoms with van der Waals surface area (Å²) in [6.45, 7) is 2.59. The first-order valence-corrected chi connectivity index (χ1v) is 12.6. The van der Waals surface area contributed by atoms with Crippen molar-refractivity contribution in [1.29, 1.82) is 0 Å². The Hall–Kier alpha value is -3.96. The van der Waals surface area contributed by atoms with E-state index in [9.17, 15) is 13.2 Å². The molecule has 1 saturated heterocycles. The number of benzene rings is 2. The maximum absolute atomic E-state index is 12.9. The Morgan fingerprint density at radius 3 is 2.69 bits per heavy atom. The van der Waals surface area contributed by atoms with E-state index in [-0.39, 0.29) is 23.0 Å². The van der Waals surface area contributed by atoms with Crippen molar-refractivity contribution in [2.75, 3.05) is 38.3 Å². The molecule has 11 heteroatoms. The van der Waals surface area contributed by atoms with Crippen molar-refractivity contribution < 1.29 is 26.9 Å². The molecule has 1 amide bonds. The van der Waals surface area contributed by atoms with Crippen LogP contribution in [0.3, 0.4) is 0 Å². The smallest absolute Gasteiger partial charge is 0.340 e. The average molecular weight is 511 g/mol. The summed E-state index contributed by atoms with van der Waals surface area (Å²) in [4.78, 5) is 18.5. The van der Waals surface area contributed by atoms with Gasteiger partial charge in [-0.05, 0) is 42.0 Å². The highest BCUT2D eigenvalue weighted by Gasteiger charge is 2.20. The molecule has 1 aliphatic rings. The summed E-state index contributed by atoms with van der Waals surface area (Å²) in [6.07, 6.45) is 2.71. The fraction of sp³-hybridized carbons (Fsp3) is 0.240. The number of pyridine rings is 1. The molecule has 1 N–H and O–H groups in total. The van der Waals surface area contributed by atoms with Gasteiger partial charge in [-0.3, -0.25) is 4.79 Å². The maximum atomic E-state index is 12.9. The van der Waals surface area contributed by atoms with Gasteiger partial charge in [-0.2, -0.15) is 13.5 Å². The topological polar surface area (TPSA) is 119 Å². The van der Waals surface area contributed by atoms with Crippen LogP contribution in [0.5, 0.6) is 11.5 Å². The number of hydrogen-bond acceptors (Lipinski definition) is 9. The van der Waals surface area contributed by atoms with Gasteiger partial charge >= 0.3 is 10.1 Å². The molecule has 0 bridgehead atoms. The van der Waals surface area contributed by atoms with E-state index >= 15 is 0 Å². The SMILES string of the molecule is COc1cccc(CC(=O)N/N=C/c2ccccc2OS(=O)(=O)c2ccc(N3CCOCC3)nc2)c1. The van der Waals surface area contributed by atoms with E-state index in [0.29, 0.717) is 43.4 Å². The number of carbonyl (C=O) groups excluding carboxylic acids is 1. The molecule has 1 aliphatic heterocycles. The Bertz CT molecular complexity index is 1320. The highest BCUT2D eigenvalue weighted by Crippen LogP contribution is 2.23. The molecular weight excluding hydrogens is 484 g/mol. The molecule has 3 aromatic rings. The number of anilines is 1. The van der Waals surface area contributed by atoms with Gasteiger partial charge in [0.1, 0.15) is 16.5 Å². The Labute approximate surface area is 209 Å². The number of aromatic nitrogens is 1. The molecule has 0 radical (unpaired) electrons. The Morgan fingerprint density at radius 2 is 1.94 bits per heavy atom. The minimum Gasteiger partial charge on any atom is -0.497 e. The third kappa shape index (κ3) is 6.58. The second-order valence-corrected chi connectivity index (χ2v) is 9.39. The van der Waals surface area contributed by atoms with Gasteiger partial charge in [0.2, 0.25) is 5.91 Å². The maximum Gasteiger partial charge on any atom is 0.340 e. The number of hydrazone groups is 1. The Kier molecular flexibility index (Phi) is 8.13. The zero-order valence-electron chi connectivity index (χ0n) is 19.7. The van der Waals surface area contributed by atoms with Crippen LogP contribution < -0.4 is 19.2 Å². The normalized spacial score (nSPS) is 14.0. The summed E-state index contributed by atoms with van der Waals surface area (Å²) in [5.74, 6) is 1.06. The molecular formula is C25H26N4O6S. The average Bonchev–Trinajstić information content (AvgIpc) is 2.90. The summed E-state index contributed by atoms with van der Waals surface area (Å²) in [5.41, 5.74) is 3.58. The van der Waals surface area contributed by atoms with E-state index in [1.165, 1.54) is 24.5 Å². The molecule has 4 rings (SSSR count). The predicted octanol–water partition coefficient (Wildman–Crippen LogP) is 2.39. The number of hydrogen-bond donors (Lipinski definition) is 1. The predicted molar refractivity (Wildman–Crippen MR) is 134 cm³/mol. The lowest BCUT2D eigenvalue weighted by molar-refractivity contribution is -0.120. The van der Waals surface area contributed by atoms with E-state index in [1.807, 2.05) is 11.0 Å². The third-order valence-corrected chi connectivity index (χ3v) is 6.57. The molecule has 0 aliphatic carbocycles. The molecule has 1 aromatic heterocycles. The minimum absolute atomic E-state index is 0.0700. The first kappa shape index (κ1) is 25.1. The molecule has 36 heavy (non-hydrogen) atoms. The number of para-hydroxylation sites is 1. The molecule has 0 spiro atoms. The van der Waals surface area contributed by atoms with Gasteiger partial charge in [-0.15, -0.1) is 0 Å². The first-order valence-electron chi connectivity index (χ1n) is 11.2. The molecule has 2 aromatic carbocycles. The summed E-state index contributed by atoms with van der Waals surface area (Å²) in [5, 5.41) is 3.95. The molecule has 0 unspecified atom stereocenters. The first-order chi connectivity index (χ1) is 17.4. The highest BCUT2D eigenvalue weighted by molar-refractivity contribution is 7.87. The molecule has 0 saturated carbocycles. The van der Waals surface area contributed by atoms with Crippen LogP contribution in [0, 0.1) is 0 Å². The van der Waals surface area contributed by atoms with E-state index in [4.69, 9.17) is 13.7 Å². The van der Waals surface area contributed by atoms with Gasteiger partial charge in [0.15, 0.2) is 5.75 Å². The summed E-state index contributed by atoms with van der Waals surface area (Å²) in [6, 6.07) is 16.7. The Balaban J connectivity index is 1.40. The number of amides is 1. The number of ether oxygens (including phenoxy) is 2. The summed E-state index contributed by atoms with van der Waals surface area (Å²) < 4.78 is 41.6. The second-order valence-electron chi connectivity index (χ2n) is 7.85. The summed E-state index contributed by atoms with van der Waals surface area (Å²) in [7, 11) is -2.58. The lowest BCUT2D eigenvalue weighted by Gasteiger charge is -2.27. The van der Waals surface area contributed by atoms with Crippen molar-refractivity contribution in [2.45, 2.75) is 11.3 Å². The standard InChI is InChI=1S/C25H26N4O6S/c1-33-21-7-4-5-19(15-21)16-25(30)28-27-17-20-6-2-3-8-23(20)35-36(31,32)22-9-10-24(26-18-22)29-11-13-34-14-12-29/h2-10,15,17-18H,11-14,16H2,1H3,(H,28,30)/b27-17+. The monoisotopic (exact) mass is 510 g/mol. The van der Waals surface area contributed by atoms with Gasteiger partial charge in [0.05, 0.1) is 39.2 Å². The number of nitrogens with zero attached hydrogens (tertiary/aromatic N) is 3. The van der Waals surface area contributed by atoms with E-state index in [0.717, 1.165) is 5.56 Å². The minimum atomic E-state index is -4.14. The largest absolute Gasteiger partial charge is 0.497 e. The number of morpholine rings is 1. The van der Waals surface area contributed by atoms with Gasteiger partial charge in [0.25, 0.3) is 0 Å². The lowest BCUT2D eigenvalue weighted by atomic mass is 10.1. The number of rotatable bonds is 9. The van der Waals surface area contributed by atoms with Crippen LogP contribution in [0.15, 0.2) is 76.9 Å². The van der Waals surface area contributed by atoms with Crippen LogP contribution >= 0.6 is 0 Å². The molecule has 2 heterocycles. The van der Waals surface area contributed by atoms with Gasteiger partial charge < -0.3 is 18.6 Å². The van der Waals surface area contributed by atoms with Crippen molar-refractivity contribution in [3.05, 3.63) is 78.0 Å². The van der Waals surface area contributed by atoms with Crippen LogP contribution in [0.1, 0.15) is 11.1 Å².